The monoisotopic (exact) mass is 236 g/mol. The van der Waals surface area contributed by atoms with Gasteiger partial charge in [-0.05, 0) is 24.6 Å². The Morgan fingerprint density at radius 3 is 2.94 bits per heavy atom. The van der Waals surface area contributed by atoms with Crippen molar-refractivity contribution in [2.45, 2.75) is 19.4 Å². The van der Waals surface area contributed by atoms with Gasteiger partial charge in [0.05, 0.1) is 18.6 Å². The number of rotatable bonds is 4. The normalized spacial score (nSPS) is 11.6. The molecule has 0 aromatic heterocycles. The molecule has 0 aliphatic rings. The molecule has 0 fully saturated rings. The molecular formula is C12H13FN2O2. The number of hydrogen-bond acceptors (Lipinski definition) is 4. The van der Waals surface area contributed by atoms with Gasteiger partial charge in [-0.1, -0.05) is 6.07 Å². The fourth-order valence-corrected chi connectivity index (χ4v) is 1.38. The molecule has 1 rings (SSSR count). The van der Waals surface area contributed by atoms with Gasteiger partial charge in [0.2, 0.25) is 0 Å². The lowest BCUT2D eigenvalue weighted by atomic mass is 10.0. The SMILES string of the molecule is CCOC(=O)C[C@@H](N)c1ccc(F)c(C#N)c1. The summed E-state index contributed by atoms with van der Waals surface area (Å²) in [5.41, 5.74) is 6.22. The van der Waals surface area contributed by atoms with E-state index in [1.54, 1.807) is 13.0 Å². The second-order valence-corrected chi connectivity index (χ2v) is 3.47. The summed E-state index contributed by atoms with van der Waals surface area (Å²) in [4.78, 5) is 11.2. The van der Waals surface area contributed by atoms with E-state index in [9.17, 15) is 9.18 Å². The maximum Gasteiger partial charge on any atom is 0.307 e. The maximum atomic E-state index is 13.1. The highest BCUT2D eigenvalue weighted by molar-refractivity contribution is 5.70. The van der Waals surface area contributed by atoms with Gasteiger partial charge >= 0.3 is 5.97 Å². The van der Waals surface area contributed by atoms with Gasteiger partial charge in [-0.15, -0.1) is 0 Å². The molecule has 1 aromatic carbocycles. The lowest BCUT2D eigenvalue weighted by Gasteiger charge is -2.11. The average Bonchev–Trinajstić information content (AvgIpc) is 2.29. The van der Waals surface area contributed by atoms with Crippen molar-refractivity contribution >= 4 is 5.97 Å². The van der Waals surface area contributed by atoms with Crippen molar-refractivity contribution in [1.82, 2.24) is 0 Å². The van der Waals surface area contributed by atoms with Crippen LogP contribution in [0.4, 0.5) is 4.39 Å². The van der Waals surface area contributed by atoms with E-state index in [1.165, 1.54) is 18.2 Å². The smallest absolute Gasteiger partial charge is 0.307 e. The number of carbonyl (C=O) groups is 1. The third-order valence-electron chi connectivity index (χ3n) is 2.23. The number of halogens is 1. The van der Waals surface area contributed by atoms with Crippen molar-refractivity contribution in [2.75, 3.05) is 6.61 Å². The first-order chi connectivity index (χ1) is 8.08. The van der Waals surface area contributed by atoms with E-state index in [0.29, 0.717) is 12.2 Å². The number of nitriles is 1. The Morgan fingerprint density at radius 1 is 1.65 bits per heavy atom. The van der Waals surface area contributed by atoms with E-state index in [1.807, 2.05) is 0 Å². The minimum Gasteiger partial charge on any atom is -0.466 e. The molecule has 0 spiro atoms. The highest BCUT2D eigenvalue weighted by Crippen LogP contribution is 2.18. The molecule has 0 bridgehead atoms. The topological polar surface area (TPSA) is 76.1 Å². The number of ether oxygens (including phenoxy) is 1. The number of nitrogens with zero attached hydrogens (tertiary/aromatic N) is 1. The molecule has 0 saturated heterocycles. The molecule has 0 heterocycles. The Balaban J connectivity index is 2.79. The number of carbonyl (C=O) groups excluding carboxylic acids is 1. The summed E-state index contributed by atoms with van der Waals surface area (Å²) in [5.74, 6) is -1.01. The van der Waals surface area contributed by atoms with Gasteiger partial charge in [0.1, 0.15) is 11.9 Å². The van der Waals surface area contributed by atoms with Gasteiger partial charge in [0, 0.05) is 6.04 Å². The Kier molecular flexibility index (Phi) is 4.61. The molecule has 1 aromatic rings. The first kappa shape index (κ1) is 13.1. The molecule has 0 saturated carbocycles. The molecule has 0 radical (unpaired) electrons. The highest BCUT2D eigenvalue weighted by atomic mass is 19.1. The van der Waals surface area contributed by atoms with Gasteiger partial charge in [-0.25, -0.2) is 4.39 Å². The molecule has 0 aliphatic carbocycles. The van der Waals surface area contributed by atoms with E-state index in [-0.39, 0.29) is 12.0 Å². The Morgan fingerprint density at radius 2 is 2.35 bits per heavy atom. The van der Waals surface area contributed by atoms with E-state index >= 15 is 0 Å². The van der Waals surface area contributed by atoms with Crippen LogP contribution in [0.1, 0.15) is 30.5 Å². The number of nitrogens with two attached hydrogens (primary N) is 1. The standard InChI is InChI=1S/C12H13FN2O2/c1-2-17-12(16)6-11(15)8-3-4-10(13)9(5-8)7-14/h3-5,11H,2,6,15H2,1H3/t11-/m1/s1. The van der Waals surface area contributed by atoms with E-state index < -0.39 is 17.8 Å². The Bertz CT molecular complexity index is 454. The Labute approximate surface area is 98.8 Å². The van der Waals surface area contributed by atoms with Crippen molar-refractivity contribution in [3.05, 3.63) is 35.1 Å². The van der Waals surface area contributed by atoms with Gasteiger partial charge in [-0.2, -0.15) is 5.26 Å². The van der Waals surface area contributed by atoms with Crippen LogP contribution in [-0.4, -0.2) is 12.6 Å². The number of esters is 1. The summed E-state index contributed by atoms with van der Waals surface area (Å²) in [6.45, 7) is 1.99. The lowest BCUT2D eigenvalue weighted by molar-refractivity contribution is -0.143. The molecule has 17 heavy (non-hydrogen) atoms. The zero-order valence-electron chi connectivity index (χ0n) is 9.44. The van der Waals surface area contributed by atoms with Crippen LogP contribution in [-0.2, 0) is 9.53 Å². The Hall–Kier alpha value is -1.93. The minimum atomic E-state index is -0.598. The lowest BCUT2D eigenvalue weighted by Crippen LogP contribution is -2.17. The molecule has 5 heteroatoms. The molecule has 2 N–H and O–H groups in total. The van der Waals surface area contributed by atoms with Gasteiger partial charge in [0.15, 0.2) is 0 Å². The van der Waals surface area contributed by atoms with Crippen LogP contribution in [0.15, 0.2) is 18.2 Å². The van der Waals surface area contributed by atoms with Crippen LogP contribution in [0.25, 0.3) is 0 Å². The molecule has 1 atom stereocenters. The van der Waals surface area contributed by atoms with Crippen LogP contribution in [0, 0.1) is 17.1 Å². The zero-order valence-corrected chi connectivity index (χ0v) is 9.44. The van der Waals surface area contributed by atoms with E-state index in [0.717, 1.165) is 0 Å². The summed E-state index contributed by atoms with van der Waals surface area (Å²) in [7, 11) is 0. The minimum absolute atomic E-state index is 0.00431. The highest BCUT2D eigenvalue weighted by Gasteiger charge is 2.14. The van der Waals surface area contributed by atoms with Crippen LogP contribution in [0.2, 0.25) is 0 Å². The summed E-state index contributed by atoms with van der Waals surface area (Å²) in [6, 6.07) is 5.10. The van der Waals surface area contributed by atoms with Crippen LogP contribution in [0.3, 0.4) is 0 Å². The fraction of sp³-hybridized carbons (Fsp3) is 0.333. The maximum absolute atomic E-state index is 13.1. The summed E-state index contributed by atoms with van der Waals surface area (Å²) in [5, 5.41) is 8.67. The van der Waals surface area contributed by atoms with Crippen molar-refractivity contribution in [1.29, 1.82) is 5.26 Å². The predicted octanol–water partition coefficient (Wildman–Crippen LogP) is 1.65. The molecule has 0 aliphatic heterocycles. The van der Waals surface area contributed by atoms with Gasteiger partial charge in [0.25, 0.3) is 0 Å². The third-order valence-corrected chi connectivity index (χ3v) is 2.23. The van der Waals surface area contributed by atoms with Crippen LogP contribution in [0.5, 0.6) is 0 Å². The summed E-state index contributed by atoms with van der Waals surface area (Å²) >= 11 is 0. The third kappa shape index (κ3) is 3.54. The number of hydrogen-bond donors (Lipinski definition) is 1. The second kappa shape index (κ2) is 5.97. The first-order valence-corrected chi connectivity index (χ1v) is 5.19. The summed E-state index contributed by atoms with van der Waals surface area (Å²) in [6.07, 6.45) is 0.00431. The van der Waals surface area contributed by atoms with Crippen molar-refractivity contribution in [2.24, 2.45) is 5.73 Å². The van der Waals surface area contributed by atoms with Gasteiger partial charge < -0.3 is 10.5 Å². The van der Waals surface area contributed by atoms with Gasteiger partial charge in [-0.3, -0.25) is 4.79 Å². The van der Waals surface area contributed by atoms with Crippen LogP contribution < -0.4 is 5.73 Å². The van der Waals surface area contributed by atoms with Crippen molar-refractivity contribution < 1.29 is 13.9 Å². The van der Waals surface area contributed by atoms with Crippen molar-refractivity contribution in [3.8, 4) is 6.07 Å². The second-order valence-electron chi connectivity index (χ2n) is 3.47. The molecule has 0 unspecified atom stereocenters. The predicted molar refractivity (Wildman–Crippen MR) is 59.3 cm³/mol. The molecule has 0 amide bonds. The summed E-state index contributed by atoms with van der Waals surface area (Å²) < 4.78 is 17.8. The zero-order chi connectivity index (χ0) is 12.8. The quantitative estimate of drug-likeness (QED) is 0.806. The van der Waals surface area contributed by atoms with Crippen LogP contribution >= 0.6 is 0 Å². The van der Waals surface area contributed by atoms with E-state index in [4.69, 9.17) is 15.7 Å². The average molecular weight is 236 g/mol. The molecular weight excluding hydrogens is 223 g/mol. The van der Waals surface area contributed by atoms with E-state index in [2.05, 4.69) is 0 Å². The van der Waals surface area contributed by atoms with Crippen molar-refractivity contribution in [3.63, 3.8) is 0 Å². The molecule has 4 nitrogen and oxygen atoms in total. The number of benzene rings is 1. The molecule has 90 valence electrons. The largest absolute Gasteiger partial charge is 0.466 e. The fourth-order valence-electron chi connectivity index (χ4n) is 1.38. The first-order valence-electron chi connectivity index (χ1n) is 5.19.